The lowest BCUT2D eigenvalue weighted by molar-refractivity contribution is 0.0435. The average Bonchev–Trinajstić information content (AvgIpc) is 3.01. The van der Waals surface area contributed by atoms with Gasteiger partial charge in [0.25, 0.3) is 0 Å². The zero-order valence-corrected chi connectivity index (χ0v) is 15.7. The molecule has 1 heterocycles. The van der Waals surface area contributed by atoms with Gasteiger partial charge in [0.05, 0.1) is 35.5 Å². The predicted octanol–water partition coefficient (Wildman–Crippen LogP) is 3.01. The number of esters is 1. The summed E-state index contributed by atoms with van der Waals surface area (Å²) in [4.78, 5) is 12.4. The van der Waals surface area contributed by atoms with Crippen LogP contribution in [-0.4, -0.2) is 41.5 Å². The van der Waals surface area contributed by atoms with E-state index in [2.05, 4.69) is 5.32 Å². The summed E-state index contributed by atoms with van der Waals surface area (Å²) in [6, 6.07) is 6.95. The van der Waals surface area contributed by atoms with Crippen LogP contribution in [-0.2, 0) is 4.74 Å². The van der Waals surface area contributed by atoms with Crippen molar-refractivity contribution in [1.82, 2.24) is 0 Å². The lowest BCUT2D eigenvalue weighted by Gasteiger charge is -2.18. The number of carbonyl (C=O) groups excluding carboxylic acids is 1. The summed E-state index contributed by atoms with van der Waals surface area (Å²) in [5.41, 5.74) is 1.61. The normalized spacial score (nSPS) is 14.9. The predicted molar refractivity (Wildman–Crippen MR) is 97.4 cm³/mol. The van der Waals surface area contributed by atoms with Gasteiger partial charge in [-0.05, 0) is 12.1 Å². The molecular weight excluding hydrogens is 354 g/mol. The molecule has 0 saturated carbocycles. The number of cyclic esters (lactones) is 1. The molecule has 0 aromatic heterocycles. The van der Waals surface area contributed by atoms with Crippen molar-refractivity contribution < 1.29 is 33.2 Å². The first-order valence-electron chi connectivity index (χ1n) is 8.10. The van der Waals surface area contributed by atoms with Crippen LogP contribution in [0.3, 0.4) is 0 Å². The lowest BCUT2D eigenvalue weighted by Crippen LogP contribution is -2.10. The van der Waals surface area contributed by atoms with Crippen molar-refractivity contribution in [2.75, 3.05) is 40.9 Å². The molecule has 1 aliphatic heterocycles. The lowest BCUT2D eigenvalue weighted by atomic mass is 10.1. The molecule has 2 aromatic rings. The number of methoxy groups -OCH3 is 5. The van der Waals surface area contributed by atoms with Crippen LogP contribution in [0.2, 0.25) is 0 Å². The molecule has 1 unspecified atom stereocenters. The van der Waals surface area contributed by atoms with Gasteiger partial charge in [-0.1, -0.05) is 0 Å². The molecule has 0 radical (unpaired) electrons. The topological polar surface area (TPSA) is 84.5 Å². The molecule has 0 aliphatic carbocycles. The number of ether oxygens (including phenoxy) is 6. The Morgan fingerprint density at radius 2 is 1.41 bits per heavy atom. The van der Waals surface area contributed by atoms with Crippen molar-refractivity contribution in [3.8, 4) is 28.7 Å². The van der Waals surface area contributed by atoms with Gasteiger partial charge < -0.3 is 33.7 Å². The van der Waals surface area contributed by atoms with Gasteiger partial charge in [0.1, 0.15) is 5.56 Å². The molecule has 8 heteroatoms. The van der Waals surface area contributed by atoms with Crippen LogP contribution in [0.25, 0.3) is 0 Å². The second kappa shape index (κ2) is 7.53. The van der Waals surface area contributed by atoms with Crippen molar-refractivity contribution in [2.24, 2.45) is 0 Å². The minimum atomic E-state index is -0.699. The zero-order chi connectivity index (χ0) is 19.6. The van der Waals surface area contributed by atoms with Crippen LogP contribution in [0.15, 0.2) is 24.3 Å². The Morgan fingerprint density at radius 3 is 1.93 bits per heavy atom. The van der Waals surface area contributed by atoms with E-state index in [-0.39, 0.29) is 0 Å². The monoisotopic (exact) mass is 375 g/mol. The third-order valence-electron chi connectivity index (χ3n) is 4.25. The number of benzene rings is 2. The molecular formula is C19H21NO7. The van der Waals surface area contributed by atoms with E-state index in [0.717, 1.165) is 0 Å². The number of nitrogens with one attached hydrogen (secondary N) is 1. The van der Waals surface area contributed by atoms with E-state index in [4.69, 9.17) is 28.4 Å². The summed E-state index contributed by atoms with van der Waals surface area (Å²) in [5.74, 6) is 1.75. The Balaban J connectivity index is 1.99. The summed E-state index contributed by atoms with van der Waals surface area (Å²) in [6.45, 7) is 0. The van der Waals surface area contributed by atoms with E-state index in [1.165, 1.54) is 35.5 Å². The first kappa shape index (κ1) is 18.5. The summed E-state index contributed by atoms with van der Waals surface area (Å²) < 4.78 is 32.1. The minimum Gasteiger partial charge on any atom is -0.493 e. The smallest absolute Gasteiger partial charge is 0.344 e. The Bertz CT molecular complexity index is 840. The molecule has 8 nitrogen and oxygen atoms in total. The second-order valence-electron chi connectivity index (χ2n) is 5.61. The van der Waals surface area contributed by atoms with E-state index >= 15 is 0 Å². The highest BCUT2D eigenvalue weighted by molar-refractivity contribution is 5.98. The molecule has 0 fully saturated rings. The third-order valence-corrected chi connectivity index (χ3v) is 4.25. The summed E-state index contributed by atoms with van der Waals surface area (Å²) in [7, 11) is 7.58. The van der Waals surface area contributed by atoms with Gasteiger partial charge in [0.2, 0.25) is 12.0 Å². The zero-order valence-electron chi connectivity index (χ0n) is 15.7. The van der Waals surface area contributed by atoms with Crippen LogP contribution in [0.5, 0.6) is 28.7 Å². The standard InChI is InChI=1S/C19H21NO7/c1-22-12-7-6-11-15(17(12)26-5)19(21)27-18(11)20-10-8-13(23-2)16(25-4)14(9-10)24-3/h6-9,18,20H,1-5H3. The molecule has 1 atom stereocenters. The van der Waals surface area contributed by atoms with Crippen LogP contribution in [0.4, 0.5) is 5.69 Å². The maximum absolute atomic E-state index is 12.4. The van der Waals surface area contributed by atoms with Gasteiger partial charge in [-0.15, -0.1) is 0 Å². The van der Waals surface area contributed by atoms with E-state index in [1.807, 2.05) is 0 Å². The van der Waals surface area contributed by atoms with E-state index in [9.17, 15) is 4.79 Å². The second-order valence-corrected chi connectivity index (χ2v) is 5.61. The SMILES string of the molecule is COc1cc(NC2OC(=O)c3c2ccc(OC)c3OC)cc(OC)c1OC. The van der Waals surface area contributed by atoms with E-state index < -0.39 is 12.2 Å². The summed E-state index contributed by atoms with van der Waals surface area (Å²) >= 11 is 0. The van der Waals surface area contributed by atoms with Gasteiger partial charge in [-0.2, -0.15) is 0 Å². The summed E-state index contributed by atoms with van der Waals surface area (Å²) in [6.07, 6.45) is -0.699. The molecule has 0 amide bonds. The molecule has 0 spiro atoms. The van der Waals surface area contributed by atoms with E-state index in [0.29, 0.717) is 45.6 Å². The Morgan fingerprint density at radius 1 is 0.815 bits per heavy atom. The quantitative estimate of drug-likeness (QED) is 0.740. The fraction of sp³-hybridized carbons (Fsp3) is 0.316. The van der Waals surface area contributed by atoms with Gasteiger partial charge in [0.15, 0.2) is 23.0 Å². The van der Waals surface area contributed by atoms with Crippen molar-refractivity contribution in [3.63, 3.8) is 0 Å². The molecule has 0 saturated heterocycles. The largest absolute Gasteiger partial charge is 0.493 e. The highest BCUT2D eigenvalue weighted by Gasteiger charge is 2.36. The Hall–Kier alpha value is -3.29. The van der Waals surface area contributed by atoms with Crippen molar-refractivity contribution >= 4 is 11.7 Å². The average molecular weight is 375 g/mol. The number of hydrogen-bond acceptors (Lipinski definition) is 8. The maximum Gasteiger partial charge on any atom is 0.344 e. The number of anilines is 1. The molecule has 2 aromatic carbocycles. The van der Waals surface area contributed by atoms with Crippen molar-refractivity contribution in [3.05, 3.63) is 35.4 Å². The molecule has 1 aliphatic rings. The molecule has 0 bridgehead atoms. The first-order chi connectivity index (χ1) is 13.1. The van der Waals surface area contributed by atoms with Crippen LogP contribution >= 0.6 is 0 Å². The highest BCUT2D eigenvalue weighted by Crippen LogP contribution is 2.44. The molecule has 1 N–H and O–H groups in total. The number of fused-ring (bicyclic) bond motifs is 1. The van der Waals surface area contributed by atoms with Gasteiger partial charge in [0, 0.05) is 23.4 Å². The van der Waals surface area contributed by atoms with Gasteiger partial charge in [-0.3, -0.25) is 0 Å². The highest BCUT2D eigenvalue weighted by atomic mass is 16.6. The van der Waals surface area contributed by atoms with E-state index in [1.54, 1.807) is 24.3 Å². The molecule has 27 heavy (non-hydrogen) atoms. The Kier molecular flexibility index (Phi) is 5.16. The number of carbonyl (C=O) groups is 1. The number of hydrogen-bond donors (Lipinski definition) is 1. The Labute approximate surface area is 156 Å². The third kappa shape index (κ3) is 3.14. The minimum absolute atomic E-state index is 0.335. The summed E-state index contributed by atoms with van der Waals surface area (Å²) in [5, 5.41) is 3.16. The van der Waals surface area contributed by atoms with Crippen LogP contribution in [0.1, 0.15) is 22.1 Å². The number of rotatable bonds is 7. The van der Waals surface area contributed by atoms with Gasteiger partial charge >= 0.3 is 5.97 Å². The fourth-order valence-corrected chi connectivity index (χ4v) is 3.02. The van der Waals surface area contributed by atoms with Crippen LogP contribution < -0.4 is 29.0 Å². The fourth-order valence-electron chi connectivity index (χ4n) is 3.02. The van der Waals surface area contributed by atoms with Crippen molar-refractivity contribution in [1.29, 1.82) is 0 Å². The maximum atomic E-state index is 12.4. The van der Waals surface area contributed by atoms with Gasteiger partial charge in [-0.25, -0.2) is 4.79 Å². The van der Waals surface area contributed by atoms with Crippen LogP contribution in [0, 0.1) is 0 Å². The van der Waals surface area contributed by atoms with Crippen molar-refractivity contribution in [2.45, 2.75) is 6.23 Å². The molecule has 144 valence electrons. The molecule has 3 rings (SSSR count). The first-order valence-corrected chi connectivity index (χ1v) is 8.10.